The van der Waals surface area contributed by atoms with E-state index in [1.165, 1.54) is 0 Å². The van der Waals surface area contributed by atoms with Crippen molar-refractivity contribution in [2.75, 3.05) is 0 Å². The number of hydrogen-bond acceptors (Lipinski definition) is 3. The Labute approximate surface area is 48.5 Å². The zero-order chi connectivity index (χ0) is 5.98. The molecule has 0 aromatic heterocycles. The monoisotopic (exact) mass is 118 g/mol. The Hall–Kier alpha value is -0.120. The van der Waals surface area contributed by atoms with Gasteiger partial charge in [-0.15, -0.1) is 0 Å². The molecule has 1 heterocycles. The quantitative estimate of drug-likeness (QED) is 0.481. The van der Waals surface area contributed by atoms with Crippen molar-refractivity contribution in [3.05, 3.63) is 0 Å². The number of hydrogen-bond donors (Lipinski definition) is 0. The molecular formula is C5H10O3. The van der Waals surface area contributed by atoms with Crippen molar-refractivity contribution in [1.82, 2.24) is 0 Å². The van der Waals surface area contributed by atoms with Gasteiger partial charge in [0, 0.05) is 0 Å². The Balaban J connectivity index is 2.22. The van der Waals surface area contributed by atoms with Crippen LogP contribution in [0.25, 0.3) is 0 Å². The van der Waals surface area contributed by atoms with Gasteiger partial charge < -0.3 is 4.74 Å². The van der Waals surface area contributed by atoms with E-state index < -0.39 is 0 Å². The summed E-state index contributed by atoms with van der Waals surface area (Å²) in [6.07, 6.45) is 0.495. The standard InChI is InChI=1S/C5H10O3/c1-3-5-6-4(2)7-8-5/h4-5H,3H2,1-2H3/t4-,5+/m0/s1. The summed E-state index contributed by atoms with van der Waals surface area (Å²) in [4.78, 5) is 9.33. The second-order valence-electron chi connectivity index (χ2n) is 1.73. The molecule has 0 aromatic carbocycles. The Morgan fingerprint density at radius 1 is 1.38 bits per heavy atom. The van der Waals surface area contributed by atoms with Crippen LogP contribution in [0.15, 0.2) is 0 Å². The third-order valence-corrected chi connectivity index (χ3v) is 0.975. The molecular weight excluding hydrogens is 108 g/mol. The second-order valence-corrected chi connectivity index (χ2v) is 1.73. The molecule has 0 unspecified atom stereocenters. The highest BCUT2D eigenvalue weighted by molar-refractivity contribution is 4.41. The van der Waals surface area contributed by atoms with Crippen molar-refractivity contribution in [2.45, 2.75) is 32.8 Å². The molecule has 1 aliphatic rings. The molecule has 0 radical (unpaired) electrons. The predicted molar refractivity (Wildman–Crippen MR) is 26.8 cm³/mol. The maximum atomic E-state index is 5.07. The van der Waals surface area contributed by atoms with Gasteiger partial charge in [-0.25, -0.2) is 9.78 Å². The number of rotatable bonds is 1. The highest BCUT2D eigenvalue weighted by atomic mass is 17.3. The fourth-order valence-corrected chi connectivity index (χ4v) is 0.564. The largest absolute Gasteiger partial charge is 0.318 e. The molecule has 1 aliphatic heterocycles. The van der Waals surface area contributed by atoms with Crippen molar-refractivity contribution < 1.29 is 14.5 Å². The minimum Gasteiger partial charge on any atom is -0.318 e. The van der Waals surface area contributed by atoms with E-state index in [-0.39, 0.29) is 12.6 Å². The summed E-state index contributed by atoms with van der Waals surface area (Å²) in [5, 5.41) is 0. The van der Waals surface area contributed by atoms with Crippen LogP contribution in [0.3, 0.4) is 0 Å². The lowest BCUT2D eigenvalue weighted by atomic mass is 10.5. The van der Waals surface area contributed by atoms with Gasteiger partial charge in [0.15, 0.2) is 12.6 Å². The van der Waals surface area contributed by atoms with Crippen molar-refractivity contribution in [1.29, 1.82) is 0 Å². The van der Waals surface area contributed by atoms with Crippen LogP contribution in [0, 0.1) is 0 Å². The van der Waals surface area contributed by atoms with Crippen molar-refractivity contribution in [2.24, 2.45) is 0 Å². The molecule has 0 bridgehead atoms. The SMILES string of the molecule is CC[C@H]1OO[C@@H](C)O1. The summed E-state index contributed by atoms with van der Waals surface area (Å²) in [6, 6.07) is 0. The predicted octanol–water partition coefficient (Wildman–Crippen LogP) is 1.05. The molecule has 0 N–H and O–H groups in total. The summed E-state index contributed by atoms with van der Waals surface area (Å²) in [5.41, 5.74) is 0. The van der Waals surface area contributed by atoms with Gasteiger partial charge in [-0.1, -0.05) is 6.92 Å². The summed E-state index contributed by atoms with van der Waals surface area (Å²) in [7, 11) is 0. The lowest BCUT2D eigenvalue weighted by molar-refractivity contribution is -0.293. The van der Waals surface area contributed by atoms with E-state index >= 15 is 0 Å². The summed E-state index contributed by atoms with van der Waals surface area (Å²) < 4.78 is 5.07. The Morgan fingerprint density at radius 3 is 2.38 bits per heavy atom. The van der Waals surface area contributed by atoms with E-state index in [1.807, 2.05) is 6.92 Å². The first-order chi connectivity index (χ1) is 3.83. The van der Waals surface area contributed by atoms with E-state index in [0.29, 0.717) is 0 Å². The molecule has 3 nitrogen and oxygen atoms in total. The Morgan fingerprint density at radius 2 is 2.12 bits per heavy atom. The van der Waals surface area contributed by atoms with Crippen LogP contribution in [-0.2, 0) is 14.5 Å². The molecule has 2 atom stereocenters. The van der Waals surface area contributed by atoms with E-state index in [1.54, 1.807) is 6.92 Å². The molecule has 1 fully saturated rings. The Bertz CT molecular complexity index is 74.1. The maximum absolute atomic E-state index is 5.07. The topological polar surface area (TPSA) is 27.7 Å². The molecule has 0 saturated carbocycles. The molecule has 48 valence electrons. The van der Waals surface area contributed by atoms with Crippen molar-refractivity contribution in [3.63, 3.8) is 0 Å². The van der Waals surface area contributed by atoms with Gasteiger partial charge >= 0.3 is 0 Å². The molecule has 0 amide bonds. The molecule has 0 spiro atoms. The van der Waals surface area contributed by atoms with Crippen LogP contribution in [0.5, 0.6) is 0 Å². The first-order valence-electron chi connectivity index (χ1n) is 2.80. The Kier molecular flexibility index (Phi) is 1.83. The third kappa shape index (κ3) is 1.18. The summed E-state index contributed by atoms with van der Waals surface area (Å²) in [5.74, 6) is 0. The zero-order valence-electron chi connectivity index (χ0n) is 5.09. The molecule has 1 rings (SSSR count). The van der Waals surface area contributed by atoms with Crippen LogP contribution < -0.4 is 0 Å². The third-order valence-electron chi connectivity index (χ3n) is 0.975. The average molecular weight is 118 g/mol. The summed E-state index contributed by atoms with van der Waals surface area (Å²) >= 11 is 0. The normalized spacial score (nSPS) is 38.2. The smallest absolute Gasteiger partial charge is 0.194 e. The van der Waals surface area contributed by atoms with Gasteiger partial charge in [-0.2, -0.15) is 0 Å². The van der Waals surface area contributed by atoms with Gasteiger partial charge in [0.2, 0.25) is 0 Å². The molecule has 0 aliphatic carbocycles. The summed E-state index contributed by atoms with van der Waals surface area (Å²) in [6.45, 7) is 3.78. The number of ether oxygens (including phenoxy) is 1. The zero-order valence-corrected chi connectivity index (χ0v) is 5.09. The molecule has 8 heavy (non-hydrogen) atoms. The van der Waals surface area contributed by atoms with Gasteiger partial charge in [0.05, 0.1) is 0 Å². The van der Waals surface area contributed by atoms with Crippen molar-refractivity contribution in [3.8, 4) is 0 Å². The van der Waals surface area contributed by atoms with E-state index in [9.17, 15) is 0 Å². The van der Waals surface area contributed by atoms with Gasteiger partial charge in [0.1, 0.15) is 0 Å². The van der Waals surface area contributed by atoms with E-state index in [4.69, 9.17) is 9.62 Å². The highest BCUT2D eigenvalue weighted by Gasteiger charge is 2.21. The van der Waals surface area contributed by atoms with Crippen LogP contribution in [0.2, 0.25) is 0 Å². The highest BCUT2D eigenvalue weighted by Crippen LogP contribution is 2.14. The fourth-order valence-electron chi connectivity index (χ4n) is 0.564. The minimum atomic E-state index is -0.194. The maximum Gasteiger partial charge on any atom is 0.194 e. The fraction of sp³-hybridized carbons (Fsp3) is 1.00. The average Bonchev–Trinajstić information content (AvgIpc) is 2.14. The van der Waals surface area contributed by atoms with Gasteiger partial charge in [-0.3, -0.25) is 0 Å². The second kappa shape index (κ2) is 2.44. The minimum absolute atomic E-state index is 0.148. The van der Waals surface area contributed by atoms with Crippen LogP contribution in [0.1, 0.15) is 20.3 Å². The van der Waals surface area contributed by atoms with Crippen LogP contribution in [0.4, 0.5) is 0 Å². The lowest BCUT2D eigenvalue weighted by Gasteiger charge is -1.98. The first kappa shape index (κ1) is 6.01. The van der Waals surface area contributed by atoms with Crippen molar-refractivity contribution >= 4 is 0 Å². The molecule has 1 saturated heterocycles. The molecule has 3 heteroatoms. The van der Waals surface area contributed by atoms with E-state index in [0.717, 1.165) is 6.42 Å². The lowest BCUT2D eigenvalue weighted by Crippen LogP contribution is -2.06. The van der Waals surface area contributed by atoms with Gasteiger partial charge in [-0.05, 0) is 13.3 Å². The van der Waals surface area contributed by atoms with Crippen LogP contribution in [-0.4, -0.2) is 12.6 Å². The van der Waals surface area contributed by atoms with E-state index in [2.05, 4.69) is 4.89 Å². The van der Waals surface area contributed by atoms with Crippen LogP contribution >= 0.6 is 0 Å². The molecule has 0 aromatic rings. The van der Waals surface area contributed by atoms with Gasteiger partial charge in [0.25, 0.3) is 0 Å². The first-order valence-corrected chi connectivity index (χ1v) is 2.80.